The summed E-state index contributed by atoms with van der Waals surface area (Å²) >= 11 is 0. The van der Waals surface area contributed by atoms with E-state index in [-0.39, 0.29) is 6.54 Å². The molecular weight excluding hydrogens is 178 g/mol. The normalized spacial score (nSPS) is 39.0. The predicted molar refractivity (Wildman–Crippen MR) is 42.9 cm³/mol. The summed E-state index contributed by atoms with van der Waals surface area (Å²) in [5.74, 6) is 0. The van der Waals surface area contributed by atoms with Crippen molar-refractivity contribution in [3.05, 3.63) is 0 Å². The summed E-state index contributed by atoms with van der Waals surface area (Å²) in [5, 5.41) is 48.0. The molecule has 0 aromatic rings. The van der Waals surface area contributed by atoms with Crippen LogP contribution in [0.2, 0.25) is 0 Å². The summed E-state index contributed by atoms with van der Waals surface area (Å²) in [5.41, 5.74) is 0. The summed E-state index contributed by atoms with van der Waals surface area (Å²) in [6, 6.07) is -0.794. The van der Waals surface area contributed by atoms with Gasteiger partial charge in [-0.25, -0.2) is 0 Å². The van der Waals surface area contributed by atoms with Gasteiger partial charge in [-0.1, -0.05) is 0 Å². The van der Waals surface area contributed by atoms with E-state index in [1.807, 2.05) is 0 Å². The molecule has 0 saturated carbocycles. The van der Waals surface area contributed by atoms with Crippen molar-refractivity contribution in [3.8, 4) is 0 Å². The summed E-state index contributed by atoms with van der Waals surface area (Å²) < 4.78 is 0. The van der Waals surface area contributed by atoms with Crippen molar-refractivity contribution in [2.45, 2.75) is 30.5 Å². The van der Waals surface area contributed by atoms with Gasteiger partial charge in [0.1, 0.15) is 12.2 Å². The lowest BCUT2D eigenvalue weighted by Crippen LogP contribution is -2.50. The lowest BCUT2D eigenvalue weighted by molar-refractivity contribution is -0.0593. The maximum atomic E-state index is 9.36. The zero-order valence-electron chi connectivity index (χ0n) is 7.04. The van der Waals surface area contributed by atoms with Gasteiger partial charge in [-0.3, -0.25) is 0 Å². The lowest BCUT2D eigenvalue weighted by Gasteiger charge is -2.25. The van der Waals surface area contributed by atoms with Crippen LogP contribution in [0.5, 0.6) is 0 Å². The first kappa shape index (κ1) is 10.8. The van der Waals surface area contributed by atoms with E-state index in [1.54, 1.807) is 0 Å². The molecule has 5 atom stereocenters. The molecule has 1 heterocycles. The van der Waals surface area contributed by atoms with E-state index in [1.165, 1.54) is 0 Å². The highest BCUT2D eigenvalue weighted by Gasteiger charge is 2.39. The van der Waals surface area contributed by atoms with Gasteiger partial charge in [-0.15, -0.1) is 0 Å². The van der Waals surface area contributed by atoms with Crippen molar-refractivity contribution in [2.24, 2.45) is 0 Å². The second-order valence-electron chi connectivity index (χ2n) is 3.23. The number of rotatable bonds is 3. The monoisotopic (exact) mass is 193 g/mol. The van der Waals surface area contributed by atoms with Crippen molar-refractivity contribution < 1.29 is 25.5 Å². The minimum Gasteiger partial charge on any atom is -0.394 e. The molecule has 0 unspecified atom stereocenters. The van der Waals surface area contributed by atoms with Gasteiger partial charge in [-0.05, 0) is 0 Å². The zero-order chi connectivity index (χ0) is 10.0. The lowest BCUT2D eigenvalue weighted by atomic mass is 10.0. The standard InChI is InChI=1S/C7H15NO5/c9-2-4(11)7(13)5-6(12)3(10)1-8-5/h3-13H,1-2H2/t3-,4-,5-,6-,7+/m0/s1. The van der Waals surface area contributed by atoms with Gasteiger partial charge in [0.25, 0.3) is 0 Å². The Labute approximate surface area is 75.4 Å². The molecule has 0 amide bonds. The Bertz CT molecular complexity index is 167. The van der Waals surface area contributed by atoms with Crippen LogP contribution in [0.4, 0.5) is 0 Å². The summed E-state index contributed by atoms with van der Waals surface area (Å²) in [7, 11) is 0. The average molecular weight is 193 g/mol. The Kier molecular flexibility index (Phi) is 3.60. The molecule has 0 bridgehead atoms. The summed E-state index contributed by atoms with van der Waals surface area (Å²) in [6.45, 7) is -0.413. The molecule has 1 aliphatic heterocycles. The van der Waals surface area contributed by atoms with Gasteiger partial charge >= 0.3 is 0 Å². The zero-order valence-corrected chi connectivity index (χ0v) is 7.04. The van der Waals surface area contributed by atoms with E-state index in [4.69, 9.17) is 15.3 Å². The number of aliphatic hydroxyl groups excluding tert-OH is 5. The third-order valence-corrected chi connectivity index (χ3v) is 2.27. The molecular formula is C7H15NO5. The van der Waals surface area contributed by atoms with Gasteiger partial charge in [0.15, 0.2) is 0 Å². The minimum absolute atomic E-state index is 0.168. The molecule has 1 aliphatic rings. The van der Waals surface area contributed by atoms with Crippen molar-refractivity contribution >= 4 is 0 Å². The third-order valence-electron chi connectivity index (χ3n) is 2.27. The van der Waals surface area contributed by atoms with Gasteiger partial charge in [-0.2, -0.15) is 0 Å². The van der Waals surface area contributed by atoms with Crippen LogP contribution in [0.3, 0.4) is 0 Å². The molecule has 1 rings (SSSR count). The molecule has 0 aliphatic carbocycles. The number of hydrogen-bond acceptors (Lipinski definition) is 6. The molecule has 0 radical (unpaired) electrons. The molecule has 0 aromatic carbocycles. The first-order chi connectivity index (χ1) is 6.07. The van der Waals surface area contributed by atoms with Crippen LogP contribution < -0.4 is 5.32 Å². The molecule has 6 nitrogen and oxygen atoms in total. The van der Waals surface area contributed by atoms with E-state index in [0.717, 1.165) is 0 Å². The van der Waals surface area contributed by atoms with Crippen LogP contribution in [0, 0.1) is 0 Å². The van der Waals surface area contributed by atoms with E-state index in [9.17, 15) is 10.2 Å². The molecule has 6 heteroatoms. The third kappa shape index (κ3) is 2.16. The molecule has 13 heavy (non-hydrogen) atoms. The Morgan fingerprint density at radius 1 is 1.31 bits per heavy atom. The van der Waals surface area contributed by atoms with Gasteiger partial charge < -0.3 is 30.8 Å². The molecule has 0 spiro atoms. The SMILES string of the molecule is OC[C@H](O)[C@@H](O)[C@H]1NC[C@H](O)[C@@H]1O. The topological polar surface area (TPSA) is 113 Å². The molecule has 1 saturated heterocycles. The second kappa shape index (κ2) is 4.32. The molecule has 0 aromatic heterocycles. The highest BCUT2D eigenvalue weighted by Crippen LogP contribution is 2.13. The summed E-state index contributed by atoms with van der Waals surface area (Å²) in [6.07, 6.45) is -4.64. The van der Waals surface area contributed by atoms with E-state index >= 15 is 0 Å². The van der Waals surface area contributed by atoms with Crippen molar-refractivity contribution in [2.75, 3.05) is 13.2 Å². The highest BCUT2D eigenvalue weighted by atomic mass is 16.4. The molecule has 6 N–H and O–H groups in total. The van der Waals surface area contributed by atoms with Crippen molar-refractivity contribution in [1.29, 1.82) is 0 Å². The Morgan fingerprint density at radius 2 is 1.92 bits per heavy atom. The fraction of sp³-hybridized carbons (Fsp3) is 1.00. The second-order valence-corrected chi connectivity index (χ2v) is 3.23. The quantitative estimate of drug-likeness (QED) is 0.276. The van der Waals surface area contributed by atoms with Crippen LogP contribution >= 0.6 is 0 Å². The van der Waals surface area contributed by atoms with Crippen LogP contribution in [-0.2, 0) is 0 Å². The number of β-amino-alcohol motifs (C(OH)–C–C–N with tert-alkyl or cyclic N) is 1. The summed E-state index contributed by atoms with van der Waals surface area (Å²) in [4.78, 5) is 0. The molecule has 1 fully saturated rings. The van der Waals surface area contributed by atoms with Crippen molar-refractivity contribution in [1.82, 2.24) is 5.32 Å². The first-order valence-electron chi connectivity index (χ1n) is 4.14. The van der Waals surface area contributed by atoms with Gasteiger partial charge in [0.05, 0.1) is 24.9 Å². The van der Waals surface area contributed by atoms with Crippen LogP contribution in [0.15, 0.2) is 0 Å². The predicted octanol–water partition coefficient (Wildman–Crippen LogP) is -3.61. The van der Waals surface area contributed by atoms with Crippen LogP contribution in [0.25, 0.3) is 0 Å². The maximum absolute atomic E-state index is 9.36. The first-order valence-corrected chi connectivity index (χ1v) is 4.14. The van der Waals surface area contributed by atoms with Gasteiger partial charge in [0.2, 0.25) is 0 Å². The largest absolute Gasteiger partial charge is 0.394 e. The fourth-order valence-corrected chi connectivity index (χ4v) is 1.41. The average Bonchev–Trinajstić information content (AvgIpc) is 2.45. The van der Waals surface area contributed by atoms with Crippen LogP contribution in [-0.4, -0.2) is 69.1 Å². The van der Waals surface area contributed by atoms with Gasteiger partial charge in [0, 0.05) is 6.54 Å². The van der Waals surface area contributed by atoms with E-state index in [0.29, 0.717) is 0 Å². The minimum atomic E-state index is -1.31. The number of hydrogen-bond donors (Lipinski definition) is 6. The highest BCUT2D eigenvalue weighted by molar-refractivity contribution is 4.96. The van der Waals surface area contributed by atoms with Crippen molar-refractivity contribution in [3.63, 3.8) is 0 Å². The Hall–Kier alpha value is -0.240. The van der Waals surface area contributed by atoms with E-state index < -0.39 is 37.1 Å². The Morgan fingerprint density at radius 3 is 2.31 bits per heavy atom. The number of nitrogens with one attached hydrogen (secondary N) is 1. The van der Waals surface area contributed by atoms with Crippen LogP contribution in [0.1, 0.15) is 0 Å². The molecule has 78 valence electrons. The smallest absolute Gasteiger partial charge is 0.105 e. The Balaban J connectivity index is 2.52. The maximum Gasteiger partial charge on any atom is 0.105 e. The fourth-order valence-electron chi connectivity index (χ4n) is 1.41. The number of aliphatic hydroxyl groups is 5. The van der Waals surface area contributed by atoms with E-state index in [2.05, 4.69) is 5.32 Å².